The van der Waals surface area contributed by atoms with E-state index in [1.165, 1.54) is 45.0 Å². The number of amides is 10. The predicted octanol–water partition coefficient (Wildman–Crippen LogP) is -3.63. The van der Waals surface area contributed by atoms with E-state index in [1.54, 1.807) is 41.5 Å². The number of unbranched alkanes of at least 4 members (excludes halogenated alkanes) is 1. The third-order valence-corrected chi connectivity index (χ3v) is 14.2. The number of aromatic hydroxyl groups is 1. The number of phenols is 1. The molecule has 20 N–H and O–H groups in total. The molecule has 0 fully saturated rings. The van der Waals surface area contributed by atoms with E-state index in [9.17, 15) is 88.2 Å². The number of nitrogens with one attached hydrogen (secondary N) is 10. The van der Waals surface area contributed by atoms with E-state index < -0.39 is 187 Å². The summed E-state index contributed by atoms with van der Waals surface area (Å²) in [6, 6.07) is -9.43. The first kappa shape index (κ1) is 76.5. The highest BCUT2D eigenvalue weighted by atomic mass is 16.4. The number of aliphatic hydroxyl groups excluding tert-OH is 3. The largest absolute Gasteiger partial charge is 0.508 e. The van der Waals surface area contributed by atoms with Crippen LogP contribution in [0, 0.1) is 23.7 Å². The lowest BCUT2D eigenvalue weighted by Gasteiger charge is -2.30. The molecule has 0 spiro atoms. The number of carboxylic acids is 2. The van der Waals surface area contributed by atoms with Gasteiger partial charge in [0.1, 0.15) is 66.2 Å². The predicted molar refractivity (Wildman–Crippen MR) is 311 cm³/mol. The van der Waals surface area contributed by atoms with Crippen LogP contribution in [0.25, 0.3) is 0 Å². The minimum absolute atomic E-state index is 0.0787. The van der Waals surface area contributed by atoms with Gasteiger partial charge < -0.3 is 95.3 Å². The molecule has 0 heterocycles. The molecular weight excluding hydrogens is 1130 g/mol. The van der Waals surface area contributed by atoms with Gasteiger partial charge in [-0.3, -0.25) is 52.7 Å². The summed E-state index contributed by atoms with van der Waals surface area (Å²) in [4.78, 5) is 161. The Kier molecular flexibility index (Phi) is 34.2. The first-order valence-electron chi connectivity index (χ1n) is 28.9. The quantitative estimate of drug-likeness (QED) is 0.0282. The highest BCUT2D eigenvalue weighted by Crippen LogP contribution is 2.16. The summed E-state index contributed by atoms with van der Waals surface area (Å²) in [5.41, 5.74) is 11.9. The molecule has 0 aliphatic heterocycles. The Labute approximate surface area is 501 Å². The summed E-state index contributed by atoms with van der Waals surface area (Å²) in [6.45, 7) is 14.1. The van der Waals surface area contributed by atoms with Crippen LogP contribution in [0.15, 0.2) is 24.3 Å². The molecule has 0 aliphatic carbocycles. The zero-order chi connectivity index (χ0) is 65.7. The summed E-state index contributed by atoms with van der Waals surface area (Å²) < 4.78 is 0. The lowest BCUT2D eigenvalue weighted by molar-refractivity contribution is -0.144. The molecule has 0 aromatic heterocycles. The number of phenolic OH excluding ortho intramolecular Hbond substituents is 1. The minimum Gasteiger partial charge on any atom is -0.508 e. The van der Waals surface area contributed by atoms with Gasteiger partial charge in [0.05, 0.1) is 25.4 Å². The third kappa shape index (κ3) is 26.8. The van der Waals surface area contributed by atoms with Crippen molar-refractivity contribution in [2.75, 3.05) is 19.7 Å². The third-order valence-electron chi connectivity index (χ3n) is 14.2. The average molecular weight is 1220 g/mol. The van der Waals surface area contributed by atoms with Gasteiger partial charge >= 0.3 is 11.9 Å². The van der Waals surface area contributed by atoms with Crippen molar-refractivity contribution in [3.63, 3.8) is 0 Å². The van der Waals surface area contributed by atoms with Crippen LogP contribution in [0.1, 0.15) is 126 Å². The maximum absolute atomic E-state index is 14.3. The van der Waals surface area contributed by atoms with Gasteiger partial charge in [0.15, 0.2) is 0 Å². The van der Waals surface area contributed by atoms with Crippen molar-refractivity contribution < 1.29 is 88.2 Å². The van der Waals surface area contributed by atoms with Crippen LogP contribution in [0.2, 0.25) is 0 Å². The Bertz CT molecular complexity index is 2430. The molecule has 30 heteroatoms. The van der Waals surface area contributed by atoms with Gasteiger partial charge in [0.25, 0.3) is 0 Å². The molecular formula is C56H94N12O18. The molecule has 0 unspecified atom stereocenters. The van der Waals surface area contributed by atoms with Crippen molar-refractivity contribution in [3.8, 4) is 5.75 Å². The van der Waals surface area contributed by atoms with E-state index in [0.29, 0.717) is 12.0 Å². The summed E-state index contributed by atoms with van der Waals surface area (Å²) in [5.74, 6) is -14.6. The molecule has 0 saturated carbocycles. The van der Waals surface area contributed by atoms with Crippen LogP contribution in [0.3, 0.4) is 0 Å². The zero-order valence-electron chi connectivity index (χ0n) is 50.8. The number of hydrogen-bond donors (Lipinski definition) is 18. The number of carboxylic acid groups (broad SMARTS) is 2. The van der Waals surface area contributed by atoms with Crippen molar-refractivity contribution in [2.45, 2.75) is 200 Å². The van der Waals surface area contributed by atoms with Gasteiger partial charge in [-0.15, -0.1) is 0 Å². The molecule has 86 heavy (non-hydrogen) atoms. The van der Waals surface area contributed by atoms with Crippen LogP contribution in [-0.4, -0.2) is 194 Å². The Balaban J connectivity index is 3.56. The zero-order valence-corrected chi connectivity index (χ0v) is 50.8. The van der Waals surface area contributed by atoms with E-state index in [1.807, 2.05) is 0 Å². The minimum atomic E-state index is -1.88. The van der Waals surface area contributed by atoms with E-state index in [-0.39, 0.29) is 56.7 Å². The first-order chi connectivity index (χ1) is 40.2. The lowest BCUT2D eigenvalue weighted by Crippen LogP contribution is -2.62. The van der Waals surface area contributed by atoms with Gasteiger partial charge in [-0.2, -0.15) is 0 Å². The summed E-state index contributed by atoms with van der Waals surface area (Å²) >= 11 is 0. The van der Waals surface area contributed by atoms with Crippen molar-refractivity contribution in [2.24, 2.45) is 35.1 Å². The van der Waals surface area contributed by atoms with Crippen LogP contribution in [-0.2, 0) is 64.0 Å². The number of aliphatic carboxylic acids is 2. The fourth-order valence-corrected chi connectivity index (χ4v) is 8.42. The number of aliphatic hydroxyl groups is 3. The van der Waals surface area contributed by atoms with Crippen molar-refractivity contribution in [1.29, 1.82) is 0 Å². The second kappa shape index (κ2) is 38.5. The molecule has 0 saturated heterocycles. The van der Waals surface area contributed by atoms with Gasteiger partial charge in [0.2, 0.25) is 59.1 Å². The van der Waals surface area contributed by atoms with E-state index in [2.05, 4.69) is 53.2 Å². The maximum Gasteiger partial charge on any atom is 0.326 e. The fraction of sp³-hybridized carbons (Fsp3) is 0.679. The van der Waals surface area contributed by atoms with E-state index >= 15 is 0 Å². The van der Waals surface area contributed by atoms with Crippen LogP contribution < -0.4 is 64.6 Å². The Morgan fingerprint density at radius 2 is 0.953 bits per heavy atom. The monoisotopic (exact) mass is 1220 g/mol. The smallest absolute Gasteiger partial charge is 0.326 e. The summed E-state index contributed by atoms with van der Waals surface area (Å²) in [6.07, 6.45) is -3.44. The van der Waals surface area contributed by atoms with Crippen LogP contribution >= 0.6 is 0 Å². The number of benzene rings is 1. The molecule has 0 radical (unpaired) electrons. The second-order valence-corrected chi connectivity index (χ2v) is 22.3. The number of rotatable bonds is 40. The van der Waals surface area contributed by atoms with Crippen molar-refractivity contribution in [1.82, 2.24) is 53.2 Å². The van der Waals surface area contributed by atoms with E-state index in [0.717, 1.165) is 6.92 Å². The molecule has 1 aromatic carbocycles. The molecule has 0 bridgehead atoms. The topological polar surface area (TPSA) is 499 Å². The number of carbonyl (C=O) groups is 12. The van der Waals surface area contributed by atoms with Crippen LogP contribution in [0.4, 0.5) is 0 Å². The van der Waals surface area contributed by atoms with Crippen molar-refractivity contribution in [3.05, 3.63) is 29.8 Å². The lowest BCUT2D eigenvalue weighted by atomic mass is 9.96. The van der Waals surface area contributed by atoms with Crippen LogP contribution in [0.5, 0.6) is 5.75 Å². The van der Waals surface area contributed by atoms with Crippen molar-refractivity contribution >= 4 is 71.0 Å². The Hall–Kier alpha value is -7.54. The summed E-state index contributed by atoms with van der Waals surface area (Å²) in [5, 5.41) is 84.3. The van der Waals surface area contributed by atoms with Gasteiger partial charge in [-0.1, -0.05) is 80.4 Å². The Morgan fingerprint density at radius 3 is 1.41 bits per heavy atom. The number of carbonyl (C=O) groups excluding carboxylic acids is 10. The molecule has 1 rings (SSSR count). The first-order valence-corrected chi connectivity index (χ1v) is 28.9. The highest BCUT2D eigenvalue weighted by molar-refractivity contribution is 5.99. The molecule has 0 aliphatic rings. The molecule has 10 amide bonds. The molecule has 1 aromatic rings. The fourth-order valence-electron chi connectivity index (χ4n) is 8.42. The maximum atomic E-state index is 14.3. The molecule has 14 atom stereocenters. The van der Waals surface area contributed by atoms with Gasteiger partial charge in [0, 0.05) is 12.8 Å². The second-order valence-electron chi connectivity index (χ2n) is 22.3. The van der Waals surface area contributed by atoms with Gasteiger partial charge in [-0.25, -0.2) is 4.79 Å². The summed E-state index contributed by atoms with van der Waals surface area (Å²) in [7, 11) is 0. The molecule has 30 nitrogen and oxygen atoms in total. The van der Waals surface area contributed by atoms with E-state index in [4.69, 9.17) is 11.5 Å². The normalized spacial score (nSPS) is 16.2. The standard InChI is InChI=1S/C56H94N12O18/c1-11-29(7)44(67-50(79)38(24-33-16-18-34(72)19-17-33)60-40(73)25-59-52(81)42(58)31(9)70)53(82)61-35(15-13-14-22-57)48(77)68-46(32(10)71)55(84)62-36(20-21-41(74)75)47(76)63-37(23-27(3)4)49(78)66-45(30(8)12-2)54(83)64-39(26-69)51(80)65-43(28(5)6)56(85)86/h16-19,27-32,35-39,42-46,69-72H,11-15,20-26,57-58H2,1-10H3,(H,59,81)(H,60,73)(H,61,82)(H,62,84)(H,63,76)(H,64,83)(H,65,80)(H,66,78)(H,67,79)(H,68,77)(H,74,75)(H,85,86)/t29-,30-,31+,32+,35-,36-,37-,38-,39-,42-,43-,44-,45-,46-/m0/s1. The SMILES string of the molecule is CC[C@H](C)[C@H](NC(=O)[C@H](CC(C)C)NC(=O)[C@H](CCC(=O)O)NC(=O)[C@@H](NC(=O)[C@H](CCCCN)NC(=O)[C@@H](NC(=O)[C@H](Cc1ccc(O)cc1)NC(=O)CNC(=O)[C@@H](N)[C@@H](C)O)[C@@H](C)CC)[C@@H](C)O)C(=O)N[C@@H](CO)C(=O)N[C@H](C(=O)O)C(C)C. The highest BCUT2D eigenvalue weighted by Gasteiger charge is 2.38. The Morgan fingerprint density at radius 1 is 0.512 bits per heavy atom. The van der Waals surface area contributed by atoms with Gasteiger partial charge in [-0.05, 0) is 93.9 Å². The number of nitrogens with two attached hydrogens (primary N) is 2. The molecule has 486 valence electrons. The average Bonchev–Trinajstić information content (AvgIpc) is 3.58. The number of hydrogen-bond acceptors (Lipinski definition) is 18.